The number of halogens is 1. The second kappa shape index (κ2) is 5.04. The van der Waals surface area contributed by atoms with Crippen LogP contribution in [0.15, 0.2) is 53.5 Å². The molecule has 0 amide bonds. The first-order chi connectivity index (χ1) is 8.28. The van der Waals surface area contributed by atoms with Gasteiger partial charge in [0, 0.05) is 6.21 Å². The average molecular weight is 224 g/mol. The molecule has 2 aromatic carbocycles. The maximum Gasteiger partial charge on any atom is 0.123 e. The van der Waals surface area contributed by atoms with E-state index in [-0.39, 0.29) is 5.82 Å². The smallest absolute Gasteiger partial charge is 0.123 e. The van der Waals surface area contributed by atoms with E-state index in [1.54, 1.807) is 30.5 Å². The molecule has 0 radical (unpaired) electrons. The Balaban J connectivity index is 2.14. The molecule has 17 heavy (non-hydrogen) atoms. The lowest BCUT2D eigenvalue weighted by molar-refractivity contribution is 0.628. The van der Waals surface area contributed by atoms with E-state index in [0.717, 1.165) is 5.56 Å². The molecule has 0 aliphatic carbocycles. The molecular formula is C14H9FN2. The van der Waals surface area contributed by atoms with Gasteiger partial charge in [0.15, 0.2) is 0 Å². The minimum Gasteiger partial charge on any atom is -0.256 e. The minimum absolute atomic E-state index is 0.276. The molecule has 0 aliphatic rings. The fraction of sp³-hybridized carbons (Fsp3) is 0. The molecule has 0 atom stereocenters. The van der Waals surface area contributed by atoms with Gasteiger partial charge in [-0.25, -0.2) is 4.39 Å². The lowest BCUT2D eigenvalue weighted by Crippen LogP contribution is -1.81. The van der Waals surface area contributed by atoms with Crippen molar-refractivity contribution in [3.05, 3.63) is 65.5 Å². The zero-order valence-electron chi connectivity index (χ0n) is 8.97. The van der Waals surface area contributed by atoms with Crippen LogP contribution < -0.4 is 0 Å². The van der Waals surface area contributed by atoms with Crippen LogP contribution in [-0.2, 0) is 0 Å². The Morgan fingerprint density at radius 2 is 1.65 bits per heavy atom. The quantitative estimate of drug-likeness (QED) is 0.719. The molecule has 0 saturated heterocycles. The Labute approximate surface area is 98.7 Å². The highest BCUT2D eigenvalue weighted by Crippen LogP contribution is 2.12. The SMILES string of the molecule is N#Cc1ccc(C=Nc2ccc(F)cc2)cc1. The van der Waals surface area contributed by atoms with Crippen molar-refractivity contribution in [1.82, 2.24) is 0 Å². The van der Waals surface area contributed by atoms with Crippen LogP contribution >= 0.6 is 0 Å². The number of nitrogens with zero attached hydrogens (tertiary/aromatic N) is 2. The summed E-state index contributed by atoms with van der Waals surface area (Å²) in [4.78, 5) is 4.20. The Bertz CT molecular complexity index is 563. The zero-order valence-corrected chi connectivity index (χ0v) is 8.97. The van der Waals surface area contributed by atoms with Crippen LogP contribution in [0, 0.1) is 17.1 Å². The largest absolute Gasteiger partial charge is 0.256 e. The highest BCUT2D eigenvalue weighted by atomic mass is 19.1. The van der Waals surface area contributed by atoms with Gasteiger partial charge in [-0.2, -0.15) is 5.26 Å². The minimum atomic E-state index is -0.276. The van der Waals surface area contributed by atoms with Gasteiger partial charge in [0.25, 0.3) is 0 Å². The van der Waals surface area contributed by atoms with Crippen LogP contribution in [0.25, 0.3) is 0 Å². The van der Waals surface area contributed by atoms with E-state index in [4.69, 9.17) is 5.26 Å². The van der Waals surface area contributed by atoms with Gasteiger partial charge < -0.3 is 0 Å². The average Bonchev–Trinajstić information content (AvgIpc) is 2.39. The first-order valence-electron chi connectivity index (χ1n) is 5.08. The van der Waals surface area contributed by atoms with Gasteiger partial charge >= 0.3 is 0 Å². The normalized spacial score (nSPS) is 10.4. The fourth-order valence-corrected chi connectivity index (χ4v) is 1.32. The first kappa shape index (κ1) is 11.0. The Hall–Kier alpha value is -2.47. The molecule has 2 aromatic rings. The van der Waals surface area contributed by atoms with Crippen LogP contribution in [0.5, 0.6) is 0 Å². The third-order valence-corrected chi connectivity index (χ3v) is 2.23. The lowest BCUT2D eigenvalue weighted by atomic mass is 10.2. The van der Waals surface area contributed by atoms with Crippen molar-refractivity contribution < 1.29 is 4.39 Å². The Morgan fingerprint density at radius 3 is 2.24 bits per heavy atom. The van der Waals surface area contributed by atoms with Gasteiger partial charge in [-0.3, -0.25) is 4.99 Å². The molecule has 0 fully saturated rings. The summed E-state index contributed by atoms with van der Waals surface area (Å²) in [6.45, 7) is 0. The topological polar surface area (TPSA) is 36.1 Å². The maximum absolute atomic E-state index is 12.7. The molecule has 2 nitrogen and oxygen atoms in total. The number of hydrogen-bond acceptors (Lipinski definition) is 2. The summed E-state index contributed by atoms with van der Waals surface area (Å²) in [7, 11) is 0. The number of nitriles is 1. The van der Waals surface area contributed by atoms with Gasteiger partial charge in [-0.1, -0.05) is 12.1 Å². The van der Waals surface area contributed by atoms with E-state index in [9.17, 15) is 4.39 Å². The van der Waals surface area contributed by atoms with E-state index in [1.165, 1.54) is 12.1 Å². The molecule has 0 N–H and O–H groups in total. The van der Waals surface area contributed by atoms with Crippen molar-refractivity contribution >= 4 is 11.9 Å². The molecule has 3 heteroatoms. The zero-order chi connectivity index (χ0) is 12.1. The van der Waals surface area contributed by atoms with Crippen LogP contribution in [-0.4, -0.2) is 6.21 Å². The predicted octanol–water partition coefficient (Wildman–Crippen LogP) is 3.45. The van der Waals surface area contributed by atoms with Crippen molar-refractivity contribution in [2.45, 2.75) is 0 Å². The summed E-state index contributed by atoms with van der Waals surface area (Å²) in [5, 5.41) is 8.64. The van der Waals surface area contributed by atoms with Crippen LogP contribution in [0.4, 0.5) is 10.1 Å². The molecule has 82 valence electrons. The Morgan fingerprint density at radius 1 is 1.00 bits per heavy atom. The fourth-order valence-electron chi connectivity index (χ4n) is 1.32. The molecule has 0 bridgehead atoms. The van der Waals surface area contributed by atoms with Crippen molar-refractivity contribution in [3.63, 3.8) is 0 Å². The summed E-state index contributed by atoms with van der Waals surface area (Å²) in [6, 6.07) is 15.1. The first-order valence-corrected chi connectivity index (χ1v) is 5.08. The van der Waals surface area contributed by atoms with Crippen LogP contribution in [0.1, 0.15) is 11.1 Å². The second-order valence-electron chi connectivity index (χ2n) is 3.47. The van der Waals surface area contributed by atoms with E-state index in [0.29, 0.717) is 11.3 Å². The number of hydrogen-bond donors (Lipinski definition) is 0. The van der Waals surface area contributed by atoms with Gasteiger partial charge in [0.05, 0.1) is 17.3 Å². The van der Waals surface area contributed by atoms with Crippen molar-refractivity contribution in [2.24, 2.45) is 4.99 Å². The molecule has 0 unspecified atom stereocenters. The van der Waals surface area contributed by atoms with E-state index >= 15 is 0 Å². The van der Waals surface area contributed by atoms with Gasteiger partial charge in [0.1, 0.15) is 5.82 Å². The third-order valence-electron chi connectivity index (χ3n) is 2.23. The van der Waals surface area contributed by atoms with E-state index in [2.05, 4.69) is 4.99 Å². The van der Waals surface area contributed by atoms with E-state index in [1.807, 2.05) is 18.2 Å². The monoisotopic (exact) mass is 224 g/mol. The lowest BCUT2D eigenvalue weighted by Gasteiger charge is -1.94. The molecule has 2 rings (SSSR count). The number of aliphatic imine (C=N–C) groups is 1. The summed E-state index contributed by atoms with van der Waals surface area (Å²) in [6.07, 6.45) is 1.67. The summed E-state index contributed by atoms with van der Waals surface area (Å²) < 4.78 is 12.7. The maximum atomic E-state index is 12.7. The van der Waals surface area contributed by atoms with Crippen LogP contribution in [0.2, 0.25) is 0 Å². The van der Waals surface area contributed by atoms with Crippen molar-refractivity contribution in [1.29, 1.82) is 5.26 Å². The number of benzene rings is 2. The predicted molar refractivity (Wildman–Crippen MR) is 64.8 cm³/mol. The number of rotatable bonds is 2. The highest BCUT2D eigenvalue weighted by Gasteiger charge is 1.92. The summed E-state index contributed by atoms with van der Waals surface area (Å²) in [5.74, 6) is -0.276. The molecule has 0 aliphatic heterocycles. The molecule has 0 aromatic heterocycles. The van der Waals surface area contributed by atoms with Gasteiger partial charge in [-0.05, 0) is 42.0 Å². The van der Waals surface area contributed by atoms with Gasteiger partial charge in [-0.15, -0.1) is 0 Å². The Kier molecular flexibility index (Phi) is 3.27. The van der Waals surface area contributed by atoms with Crippen LogP contribution in [0.3, 0.4) is 0 Å². The second-order valence-corrected chi connectivity index (χ2v) is 3.47. The molecule has 0 spiro atoms. The molecule has 0 heterocycles. The standard InChI is InChI=1S/C14H9FN2/c15-13-5-7-14(8-6-13)17-10-12-3-1-11(9-16)2-4-12/h1-8,10H. The summed E-state index contributed by atoms with van der Waals surface area (Å²) in [5.41, 5.74) is 2.20. The molecular weight excluding hydrogens is 215 g/mol. The van der Waals surface area contributed by atoms with Crippen molar-refractivity contribution in [2.75, 3.05) is 0 Å². The van der Waals surface area contributed by atoms with Crippen molar-refractivity contribution in [3.8, 4) is 6.07 Å². The summed E-state index contributed by atoms with van der Waals surface area (Å²) >= 11 is 0. The molecule has 0 saturated carbocycles. The van der Waals surface area contributed by atoms with E-state index < -0.39 is 0 Å². The van der Waals surface area contributed by atoms with Gasteiger partial charge in [0.2, 0.25) is 0 Å². The highest BCUT2D eigenvalue weighted by molar-refractivity contribution is 5.82. The third kappa shape index (κ3) is 2.99.